The molecular weight excluding hydrogens is 313 g/mol. The number of nitrogens with one attached hydrogen (secondary N) is 1. The van der Waals surface area contributed by atoms with Crippen molar-refractivity contribution in [1.29, 1.82) is 0 Å². The summed E-state index contributed by atoms with van der Waals surface area (Å²) in [5.74, 6) is 0.316. The van der Waals surface area contributed by atoms with Crippen molar-refractivity contribution in [2.24, 2.45) is 0 Å². The van der Waals surface area contributed by atoms with E-state index in [-0.39, 0.29) is 11.8 Å². The molecule has 2 heterocycles. The second-order valence-corrected chi connectivity index (χ2v) is 5.59. The molecule has 1 fully saturated rings. The molecule has 1 N–H and O–H groups in total. The Kier molecular flexibility index (Phi) is 4.99. The number of halogens is 1. The first kappa shape index (κ1) is 16.3. The maximum absolute atomic E-state index is 13.4. The van der Waals surface area contributed by atoms with Crippen LogP contribution in [0.2, 0.25) is 0 Å². The monoisotopic (exact) mass is 333 g/mol. The van der Waals surface area contributed by atoms with Gasteiger partial charge in [0.05, 0.1) is 12.2 Å². The molecule has 128 valence electrons. The molecule has 1 aliphatic heterocycles. The first-order chi connectivity index (χ1) is 11.7. The molecule has 2 amide bonds. The van der Waals surface area contributed by atoms with E-state index in [2.05, 4.69) is 25.7 Å². The summed E-state index contributed by atoms with van der Waals surface area (Å²) in [5.41, 5.74) is 0.593. The van der Waals surface area contributed by atoms with Crippen LogP contribution in [0.3, 0.4) is 0 Å². The van der Waals surface area contributed by atoms with Gasteiger partial charge < -0.3 is 10.2 Å². The maximum atomic E-state index is 13.4. The van der Waals surface area contributed by atoms with Crippen LogP contribution in [0, 0.1) is 5.82 Å². The van der Waals surface area contributed by atoms with Crippen molar-refractivity contribution in [3.8, 4) is 5.69 Å². The van der Waals surface area contributed by atoms with Gasteiger partial charge in [0, 0.05) is 32.7 Å². The molecule has 1 aromatic heterocycles. The predicted octanol–water partition coefficient (Wildman–Crippen LogP) is 0.648. The van der Waals surface area contributed by atoms with Crippen LogP contribution in [0.5, 0.6) is 0 Å². The van der Waals surface area contributed by atoms with Gasteiger partial charge in [0.25, 0.3) is 0 Å². The molecule has 9 heteroatoms. The Hall–Kier alpha value is -2.55. The summed E-state index contributed by atoms with van der Waals surface area (Å²) in [6.07, 6.45) is 0. The second-order valence-electron chi connectivity index (χ2n) is 5.59. The Balaban J connectivity index is 1.62. The number of hydrogen-bond acceptors (Lipinski definition) is 5. The second kappa shape index (κ2) is 7.35. The zero-order chi connectivity index (χ0) is 16.9. The lowest BCUT2D eigenvalue weighted by molar-refractivity contribution is 0.133. The largest absolute Gasteiger partial charge is 0.338 e. The number of carbonyl (C=O) groups is 1. The average molecular weight is 333 g/mol. The van der Waals surface area contributed by atoms with E-state index in [4.69, 9.17) is 0 Å². The summed E-state index contributed by atoms with van der Waals surface area (Å²) in [4.78, 5) is 15.8. The zero-order valence-corrected chi connectivity index (χ0v) is 13.5. The topological polar surface area (TPSA) is 79.2 Å². The van der Waals surface area contributed by atoms with Crippen LogP contribution in [-0.2, 0) is 6.54 Å². The molecule has 0 spiro atoms. The van der Waals surface area contributed by atoms with Gasteiger partial charge in [0.1, 0.15) is 5.82 Å². The smallest absolute Gasteiger partial charge is 0.317 e. The molecule has 0 radical (unpaired) electrons. The molecule has 8 nitrogen and oxygen atoms in total. The van der Waals surface area contributed by atoms with E-state index < -0.39 is 0 Å². The van der Waals surface area contributed by atoms with Gasteiger partial charge in [-0.25, -0.2) is 9.18 Å². The van der Waals surface area contributed by atoms with Gasteiger partial charge in [-0.05, 0) is 35.5 Å². The van der Waals surface area contributed by atoms with Crippen molar-refractivity contribution in [2.75, 3.05) is 32.7 Å². The third kappa shape index (κ3) is 3.67. The van der Waals surface area contributed by atoms with Gasteiger partial charge in [0.15, 0.2) is 5.82 Å². The number of benzene rings is 1. The fraction of sp³-hybridized carbons (Fsp3) is 0.467. The summed E-state index contributed by atoms with van der Waals surface area (Å²) in [7, 11) is 0. The summed E-state index contributed by atoms with van der Waals surface area (Å²) in [6.45, 7) is 5.88. The first-order valence-electron chi connectivity index (χ1n) is 7.95. The molecule has 1 aromatic carbocycles. The van der Waals surface area contributed by atoms with E-state index in [1.54, 1.807) is 21.7 Å². The molecule has 0 unspecified atom stereocenters. The number of nitrogens with zero attached hydrogens (tertiary/aromatic N) is 6. The summed E-state index contributed by atoms with van der Waals surface area (Å²) in [6, 6.07) is 6.14. The van der Waals surface area contributed by atoms with Crippen molar-refractivity contribution in [1.82, 2.24) is 35.3 Å². The van der Waals surface area contributed by atoms with Gasteiger partial charge in [-0.1, -0.05) is 6.07 Å². The van der Waals surface area contributed by atoms with Crippen molar-refractivity contribution in [3.05, 3.63) is 35.9 Å². The Morgan fingerprint density at radius 2 is 2.08 bits per heavy atom. The molecule has 0 saturated carbocycles. The lowest BCUT2D eigenvalue weighted by atomic mass is 10.3. The number of urea groups is 1. The average Bonchev–Trinajstić information content (AvgIpc) is 3.04. The molecule has 0 aliphatic carbocycles. The van der Waals surface area contributed by atoms with Crippen LogP contribution in [0.15, 0.2) is 24.3 Å². The van der Waals surface area contributed by atoms with Gasteiger partial charge >= 0.3 is 6.03 Å². The van der Waals surface area contributed by atoms with Crippen LogP contribution < -0.4 is 5.32 Å². The highest BCUT2D eigenvalue weighted by molar-refractivity contribution is 5.74. The van der Waals surface area contributed by atoms with Crippen molar-refractivity contribution in [2.45, 2.75) is 13.5 Å². The molecule has 0 atom stereocenters. The fourth-order valence-corrected chi connectivity index (χ4v) is 2.68. The van der Waals surface area contributed by atoms with Gasteiger partial charge in [-0.3, -0.25) is 4.90 Å². The van der Waals surface area contributed by atoms with Gasteiger partial charge in [-0.2, -0.15) is 4.68 Å². The Morgan fingerprint density at radius 1 is 1.29 bits per heavy atom. The number of aromatic nitrogens is 4. The number of rotatable bonds is 4. The van der Waals surface area contributed by atoms with Gasteiger partial charge in [0.2, 0.25) is 0 Å². The molecule has 3 rings (SSSR count). The number of carbonyl (C=O) groups excluding carboxylic acids is 1. The first-order valence-corrected chi connectivity index (χ1v) is 7.95. The lowest BCUT2D eigenvalue weighted by Gasteiger charge is -2.34. The standard InChI is InChI=1S/C15H20FN7O/c1-2-17-15(24)22-8-6-21(7-9-22)11-14-18-19-20-23(14)13-5-3-4-12(16)10-13/h3-5,10H,2,6-9,11H2,1H3,(H,17,24). The molecule has 0 bridgehead atoms. The zero-order valence-electron chi connectivity index (χ0n) is 13.5. The quantitative estimate of drug-likeness (QED) is 0.889. The van der Waals surface area contributed by atoms with Crippen LogP contribution >= 0.6 is 0 Å². The van der Waals surface area contributed by atoms with Gasteiger partial charge in [-0.15, -0.1) is 5.10 Å². The van der Waals surface area contributed by atoms with Crippen LogP contribution in [0.25, 0.3) is 5.69 Å². The Morgan fingerprint density at radius 3 is 2.79 bits per heavy atom. The molecule has 2 aromatic rings. The van der Waals surface area contributed by atoms with E-state index in [0.29, 0.717) is 37.7 Å². The van der Waals surface area contributed by atoms with Crippen LogP contribution in [0.4, 0.5) is 9.18 Å². The third-order valence-corrected chi connectivity index (χ3v) is 3.94. The van der Waals surface area contributed by atoms with E-state index in [1.165, 1.54) is 12.1 Å². The SMILES string of the molecule is CCNC(=O)N1CCN(Cc2nnnn2-c2cccc(F)c2)CC1. The van der Waals surface area contributed by atoms with E-state index in [9.17, 15) is 9.18 Å². The number of amides is 2. The molecular formula is C15H20FN7O. The highest BCUT2D eigenvalue weighted by Gasteiger charge is 2.22. The van der Waals surface area contributed by atoms with E-state index in [1.807, 2.05) is 6.92 Å². The molecule has 24 heavy (non-hydrogen) atoms. The minimum Gasteiger partial charge on any atom is -0.338 e. The van der Waals surface area contributed by atoms with Crippen molar-refractivity contribution < 1.29 is 9.18 Å². The van der Waals surface area contributed by atoms with Crippen molar-refractivity contribution >= 4 is 6.03 Å². The number of tetrazole rings is 1. The maximum Gasteiger partial charge on any atom is 0.317 e. The molecule has 1 saturated heterocycles. The number of hydrogen-bond donors (Lipinski definition) is 1. The predicted molar refractivity (Wildman–Crippen MR) is 85.0 cm³/mol. The normalized spacial score (nSPS) is 15.5. The Labute approximate surface area is 139 Å². The lowest BCUT2D eigenvalue weighted by Crippen LogP contribution is -2.51. The summed E-state index contributed by atoms with van der Waals surface area (Å²) >= 11 is 0. The number of piperazine rings is 1. The van der Waals surface area contributed by atoms with Crippen LogP contribution in [-0.4, -0.2) is 68.8 Å². The minimum atomic E-state index is -0.329. The fourth-order valence-electron chi connectivity index (χ4n) is 2.68. The van der Waals surface area contributed by atoms with Crippen LogP contribution in [0.1, 0.15) is 12.7 Å². The minimum absolute atomic E-state index is 0.0262. The Bertz CT molecular complexity index is 697. The highest BCUT2D eigenvalue weighted by atomic mass is 19.1. The van der Waals surface area contributed by atoms with E-state index >= 15 is 0 Å². The summed E-state index contributed by atoms with van der Waals surface area (Å²) in [5, 5.41) is 14.5. The molecule has 1 aliphatic rings. The van der Waals surface area contributed by atoms with E-state index in [0.717, 1.165) is 13.1 Å². The highest BCUT2D eigenvalue weighted by Crippen LogP contribution is 2.12. The van der Waals surface area contributed by atoms with Crippen molar-refractivity contribution in [3.63, 3.8) is 0 Å². The summed E-state index contributed by atoms with van der Waals surface area (Å²) < 4.78 is 14.9. The third-order valence-electron chi connectivity index (χ3n) is 3.94.